The van der Waals surface area contributed by atoms with Gasteiger partial charge in [-0.2, -0.15) is 0 Å². The van der Waals surface area contributed by atoms with Crippen LogP contribution < -0.4 is 4.74 Å². The zero-order valence-electron chi connectivity index (χ0n) is 17.1. The van der Waals surface area contributed by atoms with Gasteiger partial charge in [0.15, 0.2) is 0 Å². The SMILES string of the molecule is CC(C)(C)OC(=O)c1cc(Cl)c(OCC2CN(C(=O)OC(C)(C)C)C2)cc1F. The van der Waals surface area contributed by atoms with E-state index in [1.54, 1.807) is 25.7 Å². The second kappa shape index (κ2) is 8.15. The van der Waals surface area contributed by atoms with E-state index in [1.165, 1.54) is 6.07 Å². The molecule has 0 saturated carbocycles. The second-order valence-electron chi connectivity index (χ2n) is 8.83. The topological polar surface area (TPSA) is 65.1 Å². The van der Waals surface area contributed by atoms with Crippen LogP contribution in [0.15, 0.2) is 12.1 Å². The molecule has 0 aliphatic carbocycles. The Bertz CT molecular complexity index is 748. The largest absolute Gasteiger partial charge is 0.491 e. The van der Waals surface area contributed by atoms with Crippen molar-refractivity contribution in [2.45, 2.75) is 52.7 Å². The summed E-state index contributed by atoms with van der Waals surface area (Å²) in [6.07, 6.45) is -0.366. The number of halogens is 2. The summed E-state index contributed by atoms with van der Waals surface area (Å²) in [6, 6.07) is 2.28. The van der Waals surface area contributed by atoms with Crippen LogP contribution in [0.1, 0.15) is 51.9 Å². The van der Waals surface area contributed by atoms with Crippen LogP contribution in [0.3, 0.4) is 0 Å². The van der Waals surface area contributed by atoms with Crippen LogP contribution in [0.4, 0.5) is 9.18 Å². The van der Waals surface area contributed by atoms with Crippen LogP contribution in [0.5, 0.6) is 5.75 Å². The van der Waals surface area contributed by atoms with Gasteiger partial charge in [-0.05, 0) is 47.6 Å². The normalized spacial score (nSPS) is 15.1. The van der Waals surface area contributed by atoms with Crippen molar-refractivity contribution in [1.29, 1.82) is 0 Å². The predicted molar refractivity (Wildman–Crippen MR) is 103 cm³/mol. The van der Waals surface area contributed by atoms with Crippen molar-refractivity contribution in [2.24, 2.45) is 5.92 Å². The number of carbonyl (C=O) groups is 2. The number of amides is 1. The molecule has 2 rings (SSSR count). The number of hydrogen-bond acceptors (Lipinski definition) is 5. The Kier molecular flexibility index (Phi) is 6.48. The van der Waals surface area contributed by atoms with Crippen molar-refractivity contribution in [3.8, 4) is 5.75 Å². The summed E-state index contributed by atoms with van der Waals surface area (Å²) in [7, 11) is 0. The van der Waals surface area contributed by atoms with Crippen LogP contribution in [-0.4, -0.2) is 47.9 Å². The fraction of sp³-hybridized carbons (Fsp3) is 0.600. The molecule has 0 bridgehead atoms. The number of esters is 1. The Morgan fingerprint density at radius 1 is 1.11 bits per heavy atom. The molecule has 8 heteroatoms. The average Bonchev–Trinajstić information content (AvgIpc) is 2.44. The number of hydrogen-bond donors (Lipinski definition) is 0. The first-order valence-electron chi connectivity index (χ1n) is 9.08. The van der Waals surface area contributed by atoms with E-state index in [9.17, 15) is 14.0 Å². The summed E-state index contributed by atoms with van der Waals surface area (Å²) in [5, 5.41) is 0.116. The Morgan fingerprint density at radius 3 is 2.21 bits per heavy atom. The number of nitrogens with zero attached hydrogens (tertiary/aromatic N) is 1. The number of ether oxygens (including phenoxy) is 3. The molecular formula is C20H27ClFNO5. The monoisotopic (exact) mass is 415 g/mol. The third-order valence-electron chi connectivity index (χ3n) is 3.72. The first kappa shape index (κ1) is 22.3. The molecule has 1 amide bonds. The Labute approximate surface area is 169 Å². The zero-order valence-corrected chi connectivity index (χ0v) is 17.9. The first-order chi connectivity index (χ1) is 12.7. The van der Waals surface area contributed by atoms with E-state index in [-0.39, 0.29) is 35.0 Å². The van der Waals surface area contributed by atoms with Gasteiger partial charge in [-0.25, -0.2) is 14.0 Å². The molecule has 1 heterocycles. The van der Waals surface area contributed by atoms with Crippen LogP contribution in [0.25, 0.3) is 0 Å². The highest BCUT2D eigenvalue weighted by Gasteiger charge is 2.34. The molecule has 6 nitrogen and oxygen atoms in total. The van der Waals surface area contributed by atoms with Gasteiger partial charge >= 0.3 is 12.1 Å². The van der Waals surface area contributed by atoms with E-state index in [4.69, 9.17) is 25.8 Å². The van der Waals surface area contributed by atoms with E-state index in [1.807, 2.05) is 20.8 Å². The third kappa shape index (κ3) is 6.26. The lowest BCUT2D eigenvalue weighted by Crippen LogP contribution is -2.53. The third-order valence-corrected chi connectivity index (χ3v) is 4.02. The molecule has 1 aliphatic rings. The van der Waals surface area contributed by atoms with E-state index in [0.29, 0.717) is 13.1 Å². The highest BCUT2D eigenvalue weighted by molar-refractivity contribution is 6.32. The van der Waals surface area contributed by atoms with Gasteiger partial charge in [0.25, 0.3) is 0 Å². The van der Waals surface area contributed by atoms with Crippen LogP contribution >= 0.6 is 11.6 Å². The van der Waals surface area contributed by atoms with Crippen LogP contribution in [0, 0.1) is 11.7 Å². The molecule has 0 aromatic heterocycles. The second-order valence-corrected chi connectivity index (χ2v) is 9.23. The fourth-order valence-electron chi connectivity index (χ4n) is 2.49. The summed E-state index contributed by atoms with van der Waals surface area (Å²) in [5.74, 6) is -1.32. The van der Waals surface area contributed by atoms with E-state index >= 15 is 0 Å². The van der Waals surface area contributed by atoms with Crippen molar-refractivity contribution in [3.05, 3.63) is 28.5 Å². The quantitative estimate of drug-likeness (QED) is 0.668. The standard InChI is InChI=1S/C20H27ClFNO5/c1-19(2,3)27-17(24)13-7-14(21)16(8-15(13)22)26-11-12-9-23(10-12)18(25)28-20(4,5)6/h7-8,12H,9-11H2,1-6H3. The Morgan fingerprint density at radius 2 is 1.68 bits per heavy atom. The van der Waals surface area contributed by atoms with Gasteiger partial charge in [-0.3, -0.25) is 0 Å². The number of rotatable bonds is 4. The maximum Gasteiger partial charge on any atom is 0.410 e. The zero-order chi connectivity index (χ0) is 21.3. The highest BCUT2D eigenvalue weighted by atomic mass is 35.5. The summed E-state index contributed by atoms with van der Waals surface area (Å²) in [6.45, 7) is 11.8. The molecule has 0 spiro atoms. The molecule has 1 aromatic rings. The van der Waals surface area contributed by atoms with Crippen LogP contribution in [-0.2, 0) is 9.47 Å². The maximum absolute atomic E-state index is 14.3. The predicted octanol–water partition coefficient (Wildman–Crippen LogP) is 4.68. The van der Waals surface area contributed by atoms with Crippen molar-refractivity contribution in [3.63, 3.8) is 0 Å². The van der Waals surface area contributed by atoms with Gasteiger partial charge in [-0.15, -0.1) is 0 Å². The number of benzene rings is 1. The van der Waals surface area contributed by atoms with Crippen molar-refractivity contribution in [2.75, 3.05) is 19.7 Å². The molecule has 0 unspecified atom stereocenters. The summed E-state index contributed by atoms with van der Waals surface area (Å²) in [5.41, 5.74) is -1.53. The molecule has 0 radical (unpaired) electrons. The first-order valence-corrected chi connectivity index (χ1v) is 9.46. The summed E-state index contributed by atoms with van der Waals surface area (Å²) < 4.78 is 30.3. The van der Waals surface area contributed by atoms with Gasteiger partial charge in [0.05, 0.1) is 17.2 Å². The van der Waals surface area contributed by atoms with E-state index in [0.717, 1.165) is 6.07 Å². The lowest BCUT2D eigenvalue weighted by molar-refractivity contribution is -0.00784. The molecule has 28 heavy (non-hydrogen) atoms. The summed E-state index contributed by atoms with van der Waals surface area (Å²) >= 11 is 6.13. The van der Waals surface area contributed by atoms with Crippen molar-refractivity contribution < 1.29 is 28.2 Å². The molecule has 0 atom stereocenters. The highest BCUT2D eigenvalue weighted by Crippen LogP contribution is 2.30. The molecule has 0 N–H and O–H groups in total. The Balaban J connectivity index is 1.90. The van der Waals surface area contributed by atoms with E-state index in [2.05, 4.69) is 0 Å². The molecule has 156 valence electrons. The number of likely N-dealkylation sites (tertiary alicyclic amines) is 1. The van der Waals surface area contributed by atoms with Crippen molar-refractivity contribution >= 4 is 23.7 Å². The van der Waals surface area contributed by atoms with Gasteiger partial charge in [0.1, 0.15) is 22.8 Å². The van der Waals surface area contributed by atoms with Gasteiger partial charge in [-0.1, -0.05) is 11.6 Å². The Hall–Kier alpha value is -2.02. The fourth-order valence-corrected chi connectivity index (χ4v) is 2.71. The lowest BCUT2D eigenvalue weighted by Gasteiger charge is -2.39. The van der Waals surface area contributed by atoms with Crippen LogP contribution in [0.2, 0.25) is 5.02 Å². The average molecular weight is 416 g/mol. The minimum Gasteiger partial charge on any atom is -0.491 e. The van der Waals surface area contributed by atoms with Crippen molar-refractivity contribution in [1.82, 2.24) is 4.90 Å². The minimum atomic E-state index is -0.787. The van der Waals surface area contributed by atoms with Gasteiger partial charge in [0, 0.05) is 25.1 Å². The number of carbonyl (C=O) groups excluding carboxylic acids is 2. The molecule has 1 fully saturated rings. The smallest absolute Gasteiger partial charge is 0.410 e. The van der Waals surface area contributed by atoms with Gasteiger partial charge < -0.3 is 19.1 Å². The van der Waals surface area contributed by atoms with Gasteiger partial charge in [0.2, 0.25) is 0 Å². The molecular weight excluding hydrogens is 389 g/mol. The molecule has 1 saturated heterocycles. The van der Waals surface area contributed by atoms with E-state index < -0.39 is 23.0 Å². The molecule has 1 aliphatic heterocycles. The summed E-state index contributed by atoms with van der Waals surface area (Å²) in [4.78, 5) is 25.5. The maximum atomic E-state index is 14.3. The minimum absolute atomic E-state index is 0.0946. The lowest BCUT2D eigenvalue weighted by atomic mass is 10.0. The molecule has 1 aromatic carbocycles.